The molecule has 1 aromatic heterocycles. The van der Waals surface area contributed by atoms with Crippen molar-refractivity contribution in [1.82, 2.24) is 14.7 Å². The molecule has 0 spiro atoms. The molecule has 3 N–H and O–H groups in total. The lowest BCUT2D eigenvalue weighted by Gasteiger charge is -2.35. The first-order valence-corrected chi connectivity index (χ1v) is 8.84. The highest BCUT2D eigenvalue weighted by molar-refractivity contribution is 8.15. The van der Waals surface area contributed by atoms with Crippen molar-refractivity contribution in [2.24, 2.45) is 5.73 Å². The number of thiol groups is 1. The van der Waals surface area contributed by atoms with Gasteiger partial charge in [-0.1, -0.05) is 0 Å². The molecule has 0 radical (unpaired) electrons. The molecule has 2 heterocycles. The van der Waals surface area contributed by atoms with Gasteiger partial charge < -0.3 is 20.1 Å². The summed E-state index contributed by atoms with van der Waals surface area (Å²) in [6, 6.07) is 2.25. The zero-order valence-electron chi connectivity index (χ0n) is 12.6. The number of anilines is 1. The highest BCUT2D eigenvalue weighted by Crippen LogP contribution is 2.33. The fourth-order valence-corrected chi connectivity index (χ4v) is 4.41. The Labute approximate surface area is 135 Å². The van der Waals surface area contributed by atoms with E-state index < -0.39 is 17.1 Å². The summed E-state index contributed by atoms with van der Waals surface area (Å²) in [7, 11) is 1.49. The zero-order chi connectivity index (χ0) is 16.4. The van der Waals surface area contributed by atoms with E-state index in [9.17, 15) is 9.18 Å². The third-order valence-corrected chi connectivity index (χ3v) is 5.73. The molecular formula is C14H18FN5O2S. The lowest BCUT2D eigenvalue weighted by atomic mass is 10.2. The molecule has 1 aliphatic heterocycles. The Morgan fingerprint density at radius 1 is 1.39 bits per heavy atom. The number of nitrogens with zero attached hydrogens (tertiary/aromatic N) is 3. The number of aromatic nitrogens is 2. The molecule has 9 heteroatoms. The van der Waals surface area contributed by atoms with Gasteiger partial charge in [-0.2, -0.15) is 11.1 Å². The second-order valence-corrected chi connectivity index (χ2v) is 7.35. The van der Waals surface area contributed by atoms with E-state index in [2.05, 4.69) is 19.6 Å². The van der Waals surface area contributed by atoms with Gasteiger partial charge >= 0.3 is 6.03 Å². The van der Waals surface area contributed by atoms with Gasteiger partial charge in [0.2, 0.25) is 0 Å². The normalized spacial score (nSPS) is 16.4. The Kier molecular flexibility index (Phi) is 4.37. The number of amides is 2. The second kappa shape index (κ2) is 6.45. The van der Waals surface area contributed by atoms with Crippen molar-refractivity contribution in [1.29, 1.82) is 0 Å². The van der Waals surface area contributed by atoms with Crippen molar-refractivity contribution in [3.63, 3.8) is 0 Å². The second-order valence-electron chi connectivity index (χ2n) is 5.15. The lowest BCUT2D eigenvalue weighted by Crippen LogP contribution is -2.40. The number of hydrogen-bond donors (Lipinski definition) is 3. The third kappa shape index (κ3) is 3.24. The molecule has 124 valence electrons. The van der Waals surface area contributed by atoms with E-state index in [1.54, 1.807) is 0 Å². The van der Waals surface area contributed by atoms with Gasteiger partial charge in [0, 0.05) is 36.0 Å². The van der Waals surface area contributed by atoms with E-state index in [0.717, 1.165) is 24.6 Å². The van der Waals surface area contributed by atoms with Crippen LogP contribution in [0.1, 0.15) is 0 Å². The Morgan fingerprint density at radius 2 is 2.13 bits per heavy atom. The molecule has 1 saturated heterocycles. The Bertz CT molecular complexity index is 736. The minimum atomic E-state index is -0.595. The van der Waals surface area contributed by atoms with Crippen LogP contribution in [0.4, 0.5) is 15.0 Å². The largest absolute Gasteiger partial charge is 0.494 e. The fraction of sp³-hybridized carbons (Fsp3) is 0.357. The van der Waals surface area contributed by atoms with E-state index >= 15 is 0 Å². The van der Waals surface area contributed by atoms with E-state index in [1.165, 1.54) is 25.6 Å². The standard InChI is InChI=1S/C14H18FN5O2S/c1-22-11-7-9(15)6-10-12(11)17-8-18-13(10)20-2-4-23(5-3-20)19-14(16)21/h6-8,23H,2-5H2,1H3,(H3,16,19,21). The number of fused-ring (bicyclic) bond motifs is 1. The molecule has 0 atom stereocenters. The maximum Gasteiger partial charge on any atom is 0.320 e. The van der Waals surface area contributed by atoms with Crippen molar-refractivity contribution in [2.45, 2.75) is 0 Å². The van der Waals surface area contributed by atoms with Crippen molar-refractivity contribution in [2.75, 3.05) is 36.6 Å². The van der Waals surface area contributed by atoms with Crippen LogP contribution in [0.15, 0.2) is 18.5 Å². The van der Waals surface area contributed by atoms with Gasteiger partial charge in [0.1, 0.15) is 29.2 Å². The lowest BCUT2D eigenvalue weighted by molar-refractivity contribution is 0.254. The summed E-state index contributed by atoms with van der Waals surface area (Å²) in [5.41, 5.74) is 5.75. The molecule has 1 aliphatic rings. The predicted molar refractivity (Wildman–Crippen MR) is 89.7 cm³/mol. The number of carbonyl (C=O) groups excluding carboxylic acids is 1. The number of benzene rings is 1. The Morgan fingerprint density at radius 3 is 2.78 bits per heavy atom. The minimum Gasteiger partial charge on any atom is -0.494 e. The molecule has 0 aliphatic carbocycles. The van der Waals surface area contributed by atoms with Gasteiger partial charge in [0.05, 0.1) is 7.11 Å². The highest BCUT2D eigenvalue weighted by Gasteiger charge is 2.21. The number of rotatable bonds is 3. The first-order valence-electron chi connectivity index (χ1n) is 7.12. The van der Waals surface area contributed by atoms with Crippen LogP contribution in [-0.2, 0) is 0 Å². The van der Waals surface area contributed by atoms with Gasteiger partial charge in [-0.3, -0.25) is 0 Å². The van der Waals surface area contributed by atoms with Crippen molar-refractivity contribution < 1.29 is 13.9 Å². The molecule has 2 amide bonds. The molecule has 0 saturated carbocycles. The van der Waals surface area contributed by atoms with Gasteiger partial charge in [-0.05, 0) is 6.07 Å². The summed E-state index contributed by atoms with van der Waals surface area (Å²) in [6.07, 6.45) is 1.46. The first-order chi connectivity index (χ1) is 11.1. The average Bonchev–Trinajstić information content (AvgIpc) is 2.54. The molecule has 0 bridgehead atoms. The summed E-state index contributed by atoms with van der Waals surface area (Å²) >= 11 is -0.595. The number of halogens is 1. The van der Waals surface area contributed by atoms with Crippen molar-refractivity contribution >= 4 is 33.8 Å². The maximum atomic E-state index is 13.8. The van der Waals surface area contributed by atoms with Crippen LogP contribution in [0.5, 0.6) is 5.75 Å². The molecule has 1 aromatic carbocycles. The number of carbonyl (C=O) groups is 1. The number of methoxy groups -OCH3 is 1. The summed E-state index contributed by atoms with van der Waals surface area (Å²) in [5, 5.41) is 0.624. The van der Waals surface area contributed by atoms with Crippen LogP contribution in [0, 0.1) is 5.82 Å². The third-order valence-electron chi connectivity index (χ3n) is 3.71. The number of ether oxygens (including phenoxy) is 1. The average molecular weight is 339 g/mol. The van der Waals surface area contributed by atoms with Crippen LogP contribution >= 0.6 is 11.1 Å². The van der Waals surface area contributed by atoms with Crippen molar-refractivity contribution in [3.8, 4) is 5.75 Å². The summed E-state index contributed by atoms with van der Waals surface area (Å²) in [4.78, 5) is 21.5. The van der Waals surface area contributed by atoms with Gasteiger partial charge in [-0.15, -0.1) is 0 Å². The van der Waals surface area contributed by atoms with Crippen LogP contribution in [0.25, 0.3) is 10.9 Å². The number of nitrogens with two attached hydrogens (primary N) is 1. The number of hydrogen-bond acceptors (Lipinski definition) is 5. The van der Waals surface area contributed by atoms with Crippen molar-refractivity contribution in [3.05, 3.63) is 24.3 Å². The molecule has 1 fully saturated rings. The fourth-order valence-electron chi connectivity index (χ4n) is 2.68. The maximum absolute atomic E-state index is 13.8. The molecule has 0 unspecified atom stereocenters. The summed E-state index contributed by atoms with van der Waals surface area (Å²) in [6.45, 7) is 1.44. The van der Waals surface area contributed by atoms with Crippen LogP contribution in [-0.4, -0.2) is 47.7 Å². The Balaban J connectivity index is 1.89. The molecule has 23 heavy (non-hydrogen) atoms. The van der Waals surface area contributed by atoms with E-state index in [-0.39, 0.29) is 5.82 Å². The molecule has 7 nitrogen and oxygen atoms in total. The molecular weight excluding hydrogens is 321 g/mol. The minimum absolute atomic E-state index is 0.387. The molecule has 2 aromatic rings. The monoisotopic (exact) mass is 339 g/mol. The van der Waals surface area contributed by atoms with E-state index in [1.807, 2.05) is 0 Å². The summed E-state index contributed by atoms with van der Waals surface area (Å²) < 4.78 is 21.8. The van der Waals surface area contributed by atoms with Crippen LogP contribution in [0.3, 0.4) is 0 Å². The van der Waals surface area contributed by atoms with Gasteiger partial charge in [-0.25, -0.2) is 19.2 Å². The topological polar surface area (TPSA) is 93.4 Å². The van der Waals surface area contributed by atoms with Gasteiger partial charge in [0.15, 0.2) is 0 Å². The summed E-state index contributed by atoms with van der Waals surface area (Å²) in [5.74, 6) is 2.31. The number of urea groups is 1. The van der Waals surface area contributed by atoms with Crippen LogP contribution in [0.2, 0.25) is 0 Å². The van der Waals surface area contributed by atoms with E-state index in [0.29, 0.717) is 22.5 Å². The number of nitrogens with one attached hydrogen (secondary N) is 1. The smallest absolute Gasteiger partial charge is 0.320 e. The highest BCUT2D eigenvalue weighted by atomic mass is 32.2. The quantitative estimate of drug-likeness (QED) is 0.730. The first kappa shape index (κ1) is 15.6. The Hall–Kier alpha value is -2.29. The molecule has 3 rings (SSSR count). The van der Waals surface area contributed by atoms with Crippen LogP contribution < -0.4 is 20.1 Å². The SMILES string of the molecule is COc1cc(F)cc2c(N3CC[SH](NC(N)=O)CC3)ncnc12. The number of primary amides is 1. The zero-order valence-corrected chi connectivity index (χ0v) is 13.5. The van der Waals surface area contributed by atoms with E-state index in [4.69, 9.17) is 10.5 Å². The van der Waals surface area contributed by atoms with Gasteiger partial charge in [0.25, 0.3) is 0 Å². The predicted octanol–water partition coefficient (Wildman–Crippen LogP) is 1.18.